The van der Waals surface area contributed by atoms with Crippen LogP contribution in [0, 0.1) is 19.8 Å². The van der Waals surface area contributed by atoms with E-state index in [0.717, 1.165) is 23.1 Å². The van der Waals surface area contributed by atoms with Crippen molar-refractivity contribution in [1.29, 1.82) is 0 Å². The number of aryl methyl sites for hydroxylation is 2. The average molecular weight is 688 g/mol. The van der Waals surface area contributed by atoms with Crippen molar-refractivity contribution in [1.82, 2.24) is 24.8 Å². The van der Waals surface area contributed by atoms with Crippen LogP contribution >= 0.6 is 0 Å². The molecule has 1 amide bonds. The van der Waals surface area contributed by atoms with E-state index in [-0.39, 0.29) is 47.4 Å². The molecule has 2 aromatic heterocycles. The number of nitrogens with one attached hydrogen (secondary N) is 1. The van der Waals surface area contributed by atoms with Crippen LogP contribution in [0.2, 0.25) is 0 Å². The molecule has 6 rings (SSSR count). The van der Waals surface area contributed by atoms with E-state index in [1.54, 1.807) is 35.5 Å². The summed E-state index contributed by atoms with van der Waals surface area (Å²) in [5, 5.41) is 0. The molecular weight excluding hydrogens is 646 g/mol. The Labute approximate surface area is 287 Å². The molecule has 1 fully saturated rings. The van der Waals surface area contributed by atoms with Crippen molar-refractivity contribution in [3.05, 3.63) is 83.3 Å². The fraction of sp³-hybridized carbons (Fsp3) is 0.417. The Morgan fingerprint density at radius 1 is 1.04 bits per heavy atom. The van der Waals surface area contributed by atoms with Crippen molar-refractivity contribution in [3.63, 3.8) is 0 Å². The number of nitrogens with zero attached hydrogens (tertiary/aromatic N) is 6. The van der Waals surface area contributed by atoms with Crippen LogP contribution in [0.25, 0.3) is 11.3 Å². The highest BCUT2D eigenvalue weighted by Gasteiger charge is 2.33. The Hall–Kier alpha value is -4.65. The molecule has 1 N–H and O–H groups in total. The van der Waals surface area contributed by atoms with Crippen molar-refractivity contribution >= 4 is 27.7 Å². The van der Waals surface area contributed by atoms with Gasteiger partial charge in [-0.15, -0.1) is 0 Å². The number of ether oxygens (including phenoxy) is 1. The zero-order chi connectivity index (χ0) is 34.9. The molecule has 2 aliphatic rings. The molecule has 2 aromatic carbocycles. The molecule has 0 radical (unpaired) electrons. The maximum Gasteiger partial charge on any atom is 0.264 e. The molecule has 1 saturated carbocycles. The van der Waals surface area contributed by atoms with Crippen LogP contribution in [0.3, 0.4) is 0 Å². The van der Waals surface area contributed by atoms with Gasteiger partial charge in [-0.3, -0.25) is 9.78 Å². The largest absolute Gasteiger partial charge is 0.475 e. The standard InChI is InChI=1S/C36H42FN7O4S/c1-22(2)12-13-28-21-48-33-17-31(34-23(3)8-6-9-24(34)4)40-36(41-33)42-49(46,47)30-11-7-10-25(14-30)35(45)44(28)20-27-18-38-19-32(39-27)43(5)29-15-26(37)16-29/h6-11,14,17-19,22,26,28-29H,12-13,15-16,20-21H2,1-5H3,(H,40,41,42)/t26?,28-,29?/m1/s1. The molecule has 1 atom stereocenters. The normalized spacial score (nSPS) is 20.3. The number of amides is 1. The first-order chi connectivity index (χ1) is 23.4. The fourth-order valence-corrected chi connectivity index (χ4v) is 7.27. The zero-order valence-electron chi connectivity index (χ0n) is 28.4. The number of alkyl halides is 1. The van der Waals surface area contributed by atoms with Gasteiger partial charge in [0.25, 0.3) is 15.9 Å². The van der Waals surface area contributed by atoms with Crippen molar-refractivity contribution in [3.8, 4) is 17.1 Å². The lowest BCUT2D eigenvalue weighted by Gasteiger charge is -2.38. The highest BCUT2D eigenvalue weighted by atomic mass is 32.2. The topological polar surface area (TPSA) is 131 Å². The molecule has 49 heavy (non-hydrogen) atoms. The minimum absolute atomic E-state index is 0.0309. The molecule has 0 unspecified atom stereocenters. The summed E-state index contributed by atoms with van der Waals surface area (Å²) in [5.74, 6) is 0.604. The first kappa shape index (κ1) is 34.2. The highest BCUT2D eigenvalue weighted by molar-refractivity contribution is 7.92. The van der Waals surface area contributed by atoms with E-state index in [0.29, 0.717) is 42.4 Å². The van der Waals surface area contributed by atoms with E-state index in [9.17, 15) is 17.6 Å². The second kappa shape index (κ2) is 14.1. The van der Waals surface area contributed by atoms with Gasteiger partial charge in [-0.1, -0.05) is 38.1 Å². The van der Waals surface area contributed by atoms with E-state index in [4.69, 9.17) is 9.72 Å². The number of rotatable bonds is 8. The first-order valence-corrected chi connectivity index (χ1v) is 18.1. The number of sulfonamides is 1. The Morgan fingerprint density at radius 2 is 1.78 bits per heavy atom. The summed E-state index contributed by atoms with van der Waals surface area (Å²) in [5.41, 5.74) is 4.03. The first-order valence-electron chi connectivity index (χ1n) is 16.6. The van der Waals surface area contributed by atoms with Crippen LogP contribution in [0.1, 0.15) is 66.7 Å². The van der Waals surface area contributed by atoms with Gasteiger partial charge in [-0.05, 0) is 74.8 Å². The average Bonchev–Trinajstić information content (AvgIpc) is 3.05. The summed E-state index contributed by atoms with van der Waals surface area (Å²) in [6.45, 7) is 8.34. The van der Waals surface area contributed by atoms with Gasteiger partial charge in [0.2, 0.25) is 11.8 Å². The van der Waals surface area contributed by atoms with Crippen molar-refractivity contribution in [2.45, 2.75) is 83.1 Å². The van der Waals surface area contributed by atoms with Crippen molar-refractivity contribution in [2.75, 3.05) is 23.3 Å². The van der Waals surface area contributed by atoms with Crippen LogP contribution in [0.5, 0.6) is 5.88 Å². The molecule has 1 aliphatic heterocycles. The number of hydrogen-bond donors (Lipinski definition) is 1. The Balaban J connectivity index is 1.43. The number of carbonyl (C=O) groups is 1. The monoisotopic (exact) mass is 687 g/mol. The summed E-state index contributed by atoms with van der Waals surface area (Å²) in [7, 11) is -2.32. The van der Waals surface area contributed by atoms with Gasteiger partial charge in [0.05, 0.1) is 41.3 Å². The molecule has 258 valence electrons. The summed E-state index contributed by atoms with van der Waals surface area (Å²) in [6.07, 6.45) is 4.72. The zero-order valence-corrected chi connectivity index (χ0v) is 29.2. The van der Waals surface area contributed by atoms with Gasteiger partial charge in [0.1, 0.15) is 18.6 Å². The summed E-state index contributed by atoms with van der Waals surface area (Å²) >= 11 is 0. The second-order valence-electron chi connectivity index (χ2n) is 13.4. The van der Waals surface area contributed by atoms with Crippen LogP contribution in [-0.2, 0) is 16.6 Å². The van der Waals surface area contributed by atoms with E-state index in [2.05, 4.69) is 33.5 Å². The molecule has 3 heterocycles. The smallest absolute Gasteiger partial charge is 0.264 e. The SMILES string of the molecule is Cc1cccc(C)c1-c1cc2nc(n1)NS(=O)(=O)c1cccc(c1)C(=O)N(Cc1cncc(N(C)C3CC(F)C3)n1)[C@H](CCC(C)C)CO2. The number of hydrogen-bond acceptors (Lipinski definition) is 9. The third-order valence-electron chi connectivity index (χ3n) is 9.23. The molecule has 4 bridgehead atoms. The molecule has 0 spiro atoms. The quantitative estimate of drug-likeness (QED) is 0.233. The van der Waals surface area contributed by atoms with Crippen LogP contribution < -0.4 is 14.4 Å². The van der Waals surface area contributed by atoms with E-state index in [1.165, 1.54) is 12.1 Å². The Kier molecular flexibility index (Phi) is 9.82. The third-order valence-corrected chi connectivity index (χ3v) is 10.6. The third kappa shape index (κ3) is 7.66. The fourth-order valence-electron chi connectivity index (χ4n) is 6.28. The molecule has 0 saturated heterocycles. The number of aromatic nitrogens is 4. The lowest BCUT2D eigenvalue weighted by Crippen LogP contribution is -2.45. The van der Waals surface area contributed by atoms with Gasteiger partial charge < -0.3 is 14.5 Å². The minimum Gasteiger partial charge on any atom is -0.475 e. The number of anilines is 2. The minimum atomic E-state index is -4.19. The van der Waals surface area contributed by atoms with Gasteiger partial charge in [0.15, 0.2) is 0 Å². The number of carbonyl (C=O) groups excluding carboxylic acids is 1. The van der Waals surface area contributed by atoms with E-state index in [1.807, 2.05) is 44.0 Å². The molecule has 13 heteroatoms. The summed E-state index contributed by atoms with van der Waals surface area (Å²) in [4.78, 5) is 36.2. The molecular formula is C36H42FN7O4S. The van der Waals surface area contributed by atoms with Gasteiger partial charge in [0, 0.05) is 30.3 Å². The van der Waals surface area contributed by atoms with Crippen LogP contribution in [0.15, 0.2) is 65.8 Å². The number of halogens is 1. The van der Waals surface area contributed by atoms with Gasteiger partial charge in [-0.2, -0.15) is 4.98 Å². The summed E-state index contributed by atoms with van der Waals surface area (Å²) in [6, 6.07) is 13.1. The molecule has 4 aromatic rings. The predicted octanol–water partition coefficient (Wildman–Crippen LogP) is 6.13. The Morgan fingerprint density at radius 3 is 2.49 bits per heavy atom. The second-order valence-corrected chi connectivity index (χ2v) is 15.1. The lowest BCUT2D eigenvalue weighted by molar-refractivity contribution is 0.0560. The van der Waals surface area contributed by atoms with Crippen molar-refractivity contribution < 1.29 is 22.3 Å². The maximum atomic E-state index is 14.4. The van der Waals surface area contributed by atoms with E-state index >= 15 is 0 Å². The number of fused-ring (bicyclic) bond motifs is 4. The van der Waals surface area contributed by atoms with Crippen molar-refractivity contribution in [2.24, 2.45) is 5.92 Å². The number of benzene rings is 2. The van der Waals surface area contributed by atoms with Gasteiger partial charge in [-0.25, -0.2) is 27.5 Å². The van der Waals surface area contributed by atoms with E-state index < -0.39 is 22.2 Å². The maximum absolute atomic E-state index is 14.4. The van der Waals surface area contributed by atoms with Gasteiger partial charge >= 0.3 is 0 Å². The highest BCUT2D eigenvalue weighted by Crippen LogP contribution is 2.32. The molecule has 11 nitrogen and oxygen atoms in total. The molecule has 1 aliphatic carbocycles. The van der Waals surface area contributed by atoms with Crippen LogP contribution in [0.4, 0.5) is 16.2 Å². The summed E-state index contributed by atoms with van der Waals surface area (Å²) < 4.78 is 49.9. The Bertz CT molecular complexity index is 1930. The lowest BCUT2D eigenvalue weighted by atomic mass is 9.90. The van der Waals surface area contributed by atoms with Crippen LogP contribution in [-0.4, -0.2) is 71.1 Å². The predicted molar refractivity (Wildman–Crippen MR) is 186 cm³/mol.